The maximum atomic E-state index is 12.0. The third-order valence-corrected chi connectivity index (χ3v) is 3.03. The van der Waals surface area contributed by atoms with Gasteiger partial charge in [-0.1, -0.05) is 37.3 Å². The van der Waals surface area contributed by atoms with Crippen molar-refractivity contribution in [1.82, 2.24) is 10.2 Å². The molecule has 0 aliphatic carbocycles. The van der Waals surface area contributed by atoms with Gasteiger partial charge in [0.15, 0.2) is 0 Å². The van der Waals surface area contributed by atoms with Crippen LogP contribution >= 0.6 is 0 Å². The molecule has 0 aliphatic heterocycles. The van der Waals surface area contributed by atoms with Crippen molar-refractivity contribution in [2.24, 2.45) is 0 Å². The number of carbonyl (C=O) groups is 1. The third kappa shape index (κ3) is 4.47. The van der Waals surface area contributed by atoms with E-state index in [1.165, 1.54) is 0 Å². The number of amides is 1. The first-order chi connectivity index (χ1) is 8.69. The van der Waals surface area contributed by atoms with Crippen molar-refractivity contribution in [1.29, 1.82) is 0 Å². The number of nitrogens with one attached hydrogen (secondary N) is 1. The van der Waals surface area contributed by atoms with Crippen LogP contribution in [0.25, 0.3) is 0 Å². The van der Waals surface area contributed by atoms with Gasteiger partial charge in [0.05, 0.1) is 12.6 Å². The summed E-state index contributed by atoms with van der Waals surface area (Å²) in [5, 5.41) is 11.8. The van der Waals surface area contributed by atoms with E-state index < -0.39 is 0 Å². The molecule has 18 heavy (non-hydrogen) atoms. The lowest BCUT2D eigenvalue weighted by Crippen LogP contribution is -2.45. The maximum absolute atomic E-state index is 12.0. The van der Waals surface area contributed by atoms with Gasteiger partial charge in [-0.15, -0.1) is 0 Å². The molecular weight excluding hydrogens is 228 g/mol. The highest BCUT2D eigenvalue weighted by molar-refractivity contribution is 5.81. The molecule has 1 amide bonds. The normalized spacial score (nSPS) is 12.4. The predicted octanol–water partition coefficient (Wildman–Crippen LogP) is 1.01. The molecule has 4 heteroatoms. The van der Waals surface area contributed by atoms with E-state index in [1.54, 1.807) is 0 Å². The molecule has 0 bridgehead atoms. The minimum atomic E-state index is -0.217. The molecule has 0 saturated carbocycles. The number of rotatable bonds is 7. The molecule has 0 saturated heterocycles. The van der Waals surface area contributed by atoms with E-state index in [-0.39, 0.29) is 18.6 Å². The Labute approximate surface area is 109 Å². The van der Waals surface area contributed by atoms with Crippen LogP contribution in [0, 0.1) is 0 Å². The van der Waals surface area contributed by atoms with Gasteiger partial charge in [0.1, 0.15) is 0 Å². The highest BCUT2D eigenvalue weighted by Crippen LogP contribution is 2.01. The molecule has 2 N–H and O–H groups in total. The van der Waals surface area contributed by atoms with E-state index >= 15 is 0 Å². The van der Waals surface area contributed by atoms with Gasteiger partial charge in [-0.2, -0.15) is 0 Å². The van der Waals surface area contributed by atoms with Crippen molar-refractivity contribution in [2.45, 2.75) is 26.4 Å². The number of benzene rings is 1. The molecule has 1 aromatic carbocycles. The molecule has 1 atom stereocenters. The summed E-state index contributed by atoms with van der Waals surface area (Å²) in [4.78, 5) is 13.9. The molecule has 4 nitrogen and oxygen atoms in total. The SMILES string of the molecule is CCN(CCO)C(C)C(=O)NCc1ccccc1. The predicted molar refractivity (Wildman–Crippen MR) is 72.1 cm³/mol. The number of hydrogen-bond acceptors (Lipinski definition) is 3. The summed E-state index contributed by atoms with van der Waals surface area (Å²) in [5.74, 6) is -0.00541. The molecule has 0 radical (unpaired) electrons. The largest absolute Gasteiger partial charge is 0.395 e. The van der Waals surface area contributed by atoms with Gasteiger partial charge in [0.2, 0.25) is 5.91 Å². The summed E-state index contributed by atoms with van der Waals surface area (Å²) in [7, 11) is 0. The Balaban J connectivity index is 2.44. The third-order valence-electron chi connectivity index (χ3n) is 3.03. The lowest BCUT2D eigenvalue weighted by molar-refractivity contribution is -0.126. The standard InChI is InChI=1S/C14H22N2O2/c1-3-16(9-10-17)12(2)14(18)15-11-13-7-5-4-6-8-13/h4-8,12,17H,3,9-11H2,1-2H3,(H,15,18). The molecule has 1 rings (SSSR count). The molecular formula is C14H22N2O2. The van der Waals surface area contributed by atoms with Crippen molar-refractivity contribution in [3.05, 3.63) is 35.9 Å². The molecule has 0 aliphatic rings. The van der Waals surface area contributed by atoms with Gasteiger partial charge in [-0.05, 0) is 19.0 Å². The summed E-state index contributed by atoms with van der Waals surface area (Å²) in [6, 6.07) is 9.61. The van der Waals surface area contributed by atoms with Crippen LogP contribution in [0.3, 0.4) is 0 Å². The van der Waals surface area contributed by atoms with Crippen LogP contribution in [0.1, 0.15) is 19.4 Å². The van der Waals surface area contributed by atoms with E-state index in [2.05, 4.69) is 5.32 Å². The van der Waals surface area contributed by atoms with Crippen LogP contribution in [0.15, 0.2) is 30.3 Å². The molecule has 0 aromatic heterocycles. The molecule has 0 spiro atoms. The van der Waals surface area contributed by atoms with Gasteiger partial charge in [-0.25, -0.2) is 0 Å². The van der Waals surface area contributed by atoms with Crippen LogP contribution in [0.5, 0.6) is 0 Å². The average molecular weight is 250 g/mol. The number of nitrogens with zero attached hydrogens (tertiary/aromatic N) is 1. The van der Waals surface area contributed by atoms with Gasteiger partial charge in [-0.3, -0.25) is 9.69 Å². The van der Waals surface area contributed by atoms with Gasteiger partial charge in [0, 0.05) is 13.1 Å². The zero-order valence-corrected chi connectivity index (χ0v) is 11.1. The van der Waals surface area contributed by atoms with Crippen LogP contribution in [0.4, 0.5) is 0 Å². The first kappa shape index (κ1) is 14.7. The lowest BCUT2D eigenvalue weighted by Gasteiger charge is -2.26. The number of likely N-dealkylation sites (N-methyl/N-ethyl adjacent to an activating group) is 1. The number of aliphatic hydroxyl groups is 1. The molecule has 1 unspecified atom stereocenters. The highest BCUT2D eigenvalue weighted by atomic mass is 16.3. The topological polar surface area (TPSA) is 52.6 Å². The van der Waals surface area contributed by atoms with E-state index in [4.69, 9.17) is 5.11 Å². The van der Waals surface area contributed by atoms with Crippen molar-refractivity contribution >= 4 is 5.91 Å². The minimum Gasteiger partial charge on any atom is -0.395 e. The smallest absolute Gasteiger partial charge is 0.237 e. The van der Waals surface area contributed by atoms with Crippen molar-refractivity contribution in [2.75, 3.05) is 19.7 Å². The number of carbonyl (C=O) groups excluding carboxylic acids is 1. The number of aliphatic hydroxyl groups excluding tert-OH is 1. The molecule has 0 heterocycles. The van der Waals surface area contributed by atoms with Crippen molar-refractivity contribution in [3.63, 3.8) is 0 Å². The Morgan fingerprint density at radius 2 is 2.06 bits per heavy atom. The Hall–Kier alpha value is -1.39. The second-order valence-electron chi connectivity index (χ2n) is 4.23. The Kier molecular flexibility index (Phi) is 6.39. The summed E-state index contributed by atoms with van der Waals surface area (Å²) >= 11 is 0. The first-order valence-electron chi connectivity index (χ1n) is 6.35. The Morgan fingerprint density at radius 3 is 2.61 bits per heavy atom. The molecule has 100 valence electrons. The number of hydrogen-bond donors (Lipinski definition) is 2. The van der Waals surface area contributed by atoms with E-state index in [0.29, 0.717) is 13.1 Å². The van der Waals surface area contributed by atoms with Crippen LogP contribution < -0.4 is 5.32 Å². The monoisotopic (exact) mass is 250 g/mol. The van der Waals surface area contributed by atoms with Crippen LogP contribution in [-0.2, 0) is 11.3 Å². The fourth-order valence-electron chi connectivity index (χ4n) is 1.85. The fourth-order valence-corrected chi connectivity index (χ4v) is 1.85. The van der Waals surface area contributed by atoms with Crippen molar-refractivity contribution < 1.29 is 9.90 Å². The summed E-state index contributed by atoms with van der Waals surface area (Å²) < 4.78 is 0. The van der Waals surface area contributed by atoms with E-state index in [0.717, 1.165) is 12.1 Å². The second-order valence-corrected chi connectivity index (χ2v) is 4.23. The maximum Gasteiger partial charge on any atom is 0.237 e. The van der Waals surface area contributed by atoms with Gasteiger partial charge < -0.3 is 10.4 Å². The van der Waals surface area contributed by atoms with Crippen molar-refractivity contribution in [3.8, 4) is 0 Å². The second kappa shape index (κ2) is 7.84. The van der Waals surface area contributed by atoms with E-state index in [1.807, 2.05) is 49.1 Å². The molecule has 1 aromatic rings. The summed E-state index contributed by atoms with van der Waals surface area (Å²) in [5.41, 5.74) is 1.09. The zero-order chi connectivity index (χ0) is 13.4. The summed E-state index contributed by atoms with van der Waals surface area (Å²) in [6.45, 7) is 5.73. The molecule has 0 fully saturated rings. The van der Waals surface area contributed by atoms with Crippen LogP contribution in [0.2, 0.25) is 0 Å². The summed E-state index contributed by atoms with van der Waals surface area (Å²) in [6.07, 6.45) is 0. The Bertz CT molecular complexity index is 354. The average Bonchev–Trinajstić information content (AvgIpc) is 2.42. The highest BCUT2D eigenvalue weighted by Gasteiger charge is 2.18. The van der Waals surface area contributed by atoms with Gasteiger partial charge >= 0.3 is 0 Å². The van der Waals surface area contributed by atoms with Crippen LogP contribution in [-0.4, -0.2) is 41.7 Å². The quantitative estimate of drug-likeness (QED) is 0.759. The minimum absolute atomic E-state index is 0.00541. The lowest BCUT2D eigenvalue weighted by atomic mass is 10.2. The van der Waals surface area contributed by atoms with E-state index in [9.17, 15) is 4.79 Å². The first-order valence-corrected chi connectivity index (χ1v) is 6.35. The van der Waals surface area contributed by atoms with Gasteiger partial charge in [0.25, 0.3) is 0 Å². The fraction of sp³-hybridized carbons (Fsp3) is 0.500. The Morgan fingerprint density at radius 1 is 1.39 bits per heavy atom. The zero-order valence-electron chi connectivity index (χ0n) is 11.1.